The van der Waals surface area contributed by atoms with Gasteiger partial charge in [0, 0.05) is 11.6 Å². The number of hydrogen-bond donors (Lipinski definition) is 0. The second kappa shape index (κ2) is 4.30. The van der Waals surface area contributed by atoms with Gasteiger partial charge in [0.15, 0.2) is 0 Å². The predicted molar refractivity (Wildman–Crippen MR) is 75.2 cm³/mol. The van der Waals surface area contributed by atoms with E-state index in [1.54, 1.807) is 0 Å². The van der Waals surface area contributed by atoms with Crippen molar-refractivity contribution in [1.29, 1.82) is 0 Å². The Morgan fingerprint density at radius 2 is 1.72 bits per heavy atom. The van der Waals surface area contributed by atoms with Crippen LogP contribution in [0.4, 0.5) is 0 Å². The van der Waals surface area contributed by atoms with Crippen molar-refractivity contribution in [2.45, 2.75) is 19.8 Å². The molecule has 2 aromatic carbocycles. The SMILES string of the molecule is CC(C)c1cccc2nn(-c3ccccc3)cc12. The summed E-state index contributed by atoms with van der Waals surface area (Å²) in [6, 6.07) is 16.6. The fourth-order valence-electron chi connectivity index (χ4n) is 2.28. The van der Waals surface area contributed by atoms with Crippen LogP contribution in [0.25, 0.3) is 16.6 Å². The highest BCUT2D eigenvalue weighted by Gasteiger charge is 2.08. The number of rotatable bonds is 2. The van der Waals surface area contributed by atoms with E-state index in [4.69, 9.17) is 0 Å². The lowest BCUT2D eigenvalue weighted by Crippen LogP contribution is -1.92. The number of aromatic nitrogens is 2. The lowest BCUT2D eigenvalue weighted by molar-refractivity contribution is 0.875. The first kappa shape index (κ1) is 11.0. The lowest BCUT2D eigenvalue weighted by Gasteiger charge is -2.05. The molecule has 0 aliphatic carbocycles. The van der Waals surface area contributed by atoms with Gasteiger partial charge in [-0.3, -0.25) is 0 Å². The first-order valence-electron chi connectivity index (χ1n) is 6.29. The molecule has 0 atom stereocenters. The Balaban J connectivity index is 2.20. The van der Waals surface area contributed by atoms with Crippen LogP contribution in [0.5, 0.6) is 0 Å². The van der Waals surface area contributed by atoms with Gasteiger partial charge in [0.1, 0.15) is 0 Å². The molecule has 0 aliphatic heterocycles. The molecule has 0 aliphatic rings. The molecule has 0 saturated carbocycles. The lowest BCUT2D eigenvalue weighted by atomic mass is 10.00. The summed E-state index contributed by atoms with van der Waals surface area (Å²) in [4.78, 5) is 0. The zero-order valence-electron chi connectivity index (χ0n) is 10.7. The Bertz CT molecular complexity index is 666. The number of benzene rings is 2. The second-order valence-corrected chi connectivity index (χ2v) is 4.84. The summed E-state index contributed by atoms with van der Waals surface area (Å²) in [7, 11) is 0. The second-order valence-electron chi connectivity index (χ2n) is 4.84. The van der Waals surface area contributed by atoms with Crippen molar-refractivity contribution in [3.05, 3.63) is 60.3 Å². The van der Waals surface area contributed by atoms with Gasteiger partial charge in [-0.15, -0.1) is 0 Å². The van der Waals surface area contributed by atoms with Crippen LogP contribution < -0.4 is 0 Å². The molecule has 3 aromatic rings. The van der Waals surface area contributed by atoms with Gasteiger partial charge >= 0.3 is 0 Å². The third kappa shape index (κ3) is 1.80. The maximum atomic E-state index is 4.64. The van der Waals surface area contributed by atoms with Crippen LogP contribution in [0.3, 0.4) is 0 Å². The Hall–Kier alpha value is -2.09. The van der Waals surface area contributed by atoms with E-state index < -0.39 is 0 Å². The minimum atomic E-state index is 0.516. The van der Waals surface area contributed by atoms with Crippen LogP contribution in [-0.2, 0) is 0 Å². The minimum Gasteiger partial charge on any atom is -0.240 e. The van der Waals surface area contributed by atoms with Gasteiger partial charge in [0.25, 0.3) is 0 Å². The minimum absolute atomic E-state index is 0.516. The number of para-hydroxylation sites is 1. The summed E-state index contributed by atoms with van der Waals surface area (Å²) in [5.41, 5.74) is 3.52. The number of hydrogen-bond acceptors (Lipinski definition) is 1. The highest BCUT2D eigenvalue weighted by molar-refractivity contribution is 5.82. The summed E-state index contributed by atoms with van der Waals surface area (Å²) in [5, 5.41) is 5.89. The molecule has 0 fully saturated rings. The summed E-state index contributed by atoms with van der Waals surface area (Å²) in [6.45, 7) is 4.43. The van der Waals surface area contributed by atoms with Gasteiger partial charge in [-0.25, -0.2) is 4.68 Å². The average molecular weight is 236 g/mol. The smallest absolute Gasteiger partial charge is 0.0930 e. The van der Waals surface area contributed by atoms with Gasteiger partial charge in [-0.05, 0) is 29.7 Å². The van der Waals surface area contributed by atoms with Crippen molar-refractivity contribution in [2.24, 2.45) is 0 Å². The normalized spacial score (nSPS) is 11.3. The molecule has 90 valence electrons. The van der Waals surface area contributed by atoms with Crippen molar-refractivity contribution < 1.29 is 0 Å². The zero-order valence-corrected chi connectivity index (χ0v) is 10.7. The van der Waals surface area contributed by atoms with Crippen LogP contribution in [-0.4, -0.2) is 9.78 Å². The first-order valence-corrected chi connectivity index (χ1v) is 6.29. The monoisotopic (exact) mass is 236 g/mol. The van der Waals surface area contributed by atoms with Crippen LogP contribution in [0.15, 0.2) is 54.7 Å². The largest absolute Gasteiger partial charge is 0.240 e. The third-order valence-electron chi connectivity index (χ3n) is 3.23. The van der Waals surface area contributed by atoms with Crippen molar-refractivity contribution in [3.8, 4) is 5.69 Å². The molecule has 2 nitrogen and oxygen atoms in total. The fourth-order valence-corrected chi connectivity index (χ4v) is 2.28. The van der Waals surface area contributed by atoms with Crippen LogP contribution in [0.2, 0.25) is 0 Å². The third-order valence-corrected chi connectivity index (χ3v) is 3.23. The van der Waals surface area contributed by atoms with Crippen LogP contribution in [0, 0.1) is 0 Å². The predicted octanol–water partition coefficient (Wildman–Crippen LogP) is 4.15. The van der Waals surface area contributed by atoms with Crippen molar-refractivity contribution in [2.75, 3.05) is 0 Å². The van der Waals surface area contributed by atoms with Gasteiger partial charge < -0.3 is 0 Å². The molecule has 0 bridgehead atoms. The summed E-state index contributed by atoms with van der Waals surface area (Å²) in [5.74, 6) is 0.516. The van der Waals surface area contributed by atoms with Gasteiger partial charge in [0.2, 0.25) is 0 Å². The molecule has 1 aromatic heterocycles. The standard InChI is InChI=1S/C16H16N2/c1-12(2)14-9-6-10-16-15(14)11-18(17-16)13-7-4-3-5-8-13/h3-12H,1-2H3. The molecule has 0 N–H and O–H groups in total. The molecule has 0 amide bonds. The summed E-state index contributed by atoms with van der Waals surface area (Å²) >= 11 is 0. The molecule has 0 spiro atoms. The van der Waals surface area contributed by atoms with Gasteiger partial charge in [-0.1, -0.05) is 44.2 Å². The summed E-state index contributed by atoms with van der Waals surface area (Å²) < 4.78 is 1.95. The van der Waals surface area contributed by atoms with E-state index in [1.807, 2.05) is 22.9 Å². The van der Waals surface area contributed by atoms with E-state index in [0.29, 0.717) is 5.92 Å². The summed E-state index contributed by atoms with van der Waals surface area (Å²) in [6.07, 6.45) is 2.12. The van der Waals surface area contributed by atoms with Crippen molar-refractivity contribution in [3.63, 3.8) is 0 Å². The maximum Gasteiger partial charge on any atom is 0.0930 e. The zero-order chi connectivity index (χ0) is 12.5. The maximum absolute atomic E-state index is 4.64. The molecule has 18 heavy (non-hydrogen) atoms. The van der Waals surface area contributed by atoms with E-state index in [2.05, 4.69) is 55.5 Å². The quantitative estimate of drug-likeness (QED) is 0.653. The van der Waals surface area contributed by atoms with E-state index in [0.717, 1.165) is 11.2 Å². The highest BCUT2D eigenvalue weighted by atomic mass is 15.3. The molecular weight excluding hydrogens is 220 g/mol. The Morgan fingerprint density at radius 3 is 2.44 bits per heavy atom. The molecular formula is C16H16N2. The molecule has 1 heterocycles. The van der Waals surface area contributed by atoms with E-state index in [-0.39, 0.29) is 0 Å². The fraction of sp³-hybridized carbons (Fsp3) is 0.188. The van der Waals surface area contributed by atoms with E-state index >= 15 is 0 Å². The van der Waals surface area contributed by atoms with Crippen molar-refractivity contribution >= 4 is 10.9 Å². The molecule has 0 unspecified atom stereocenters. The Labute approximate surface area is 107 Å². The molecule has 3 rings (SSSR count). The molecule has 0 saturated heterocycles. The van der Waals surface area contributed by atoms with Crippen molar-refractivity contribution in [1.82, 2.24) is 9.78 Å². The topological polar surface area (TPSA) is 17.8 Å². The number of nitrogens with zero attached hydrogens (tertiary/aromatic N) is 2. The molecule has 2 heteroatoms. The van der Waals surface area contributed by atoms with Crippen LogP contribution >= 0.6 is 0 Å². The van der Waals surface area contributed by atoms with Gasteiger partial charge in [-0.2, -0.15) is 5.10 Å². The van der Waals surface area contributed by atoms with E-state index in [1.165, 1.54) is 10.9 Å². The molecule has 0 radical (unpaired) electrons. The Kier molecular flexibility index (Phi) is 2.63. The number of fused-ring (bicyclic) bond motifs is 1. The van der Waals surface area contributed by atoms with Crippen LogP contribution in [0.1, 0.15) is 25.3 Å². The highest BCUT2D eigenvalue weighted by Crippen LogP contribution is 2.25. The first-order chi connectivity index (χ1) is 8.75. The Morgan fingerprint density at radius 1 is 0.944 bits per heavy atom. The average Bonchev–Trinajstić information content (AvgIpc) is 2.83. The van der Waals surface area contributed by atoms with Gasteiger partial charge in [0.05, 0.1) is 11.2 Å². The van der Waals surface area contributed by atoms with E-state index in [9.17, 15) is 0 Å².